The van der Waals surface area contributed by atoms with Crippen molar-refractivity contribution in [2.24, 2.45) is 0 Å². The smallest absolute Gasteiger partial charge is 0.433 e. The lowest BCUT2D eigenvalue weighted by molar-refractivity contribution is -0.141. The SMILES string of the molecule is Fc1[c]ccc(Oc2cccc(C(F)(F)F)n2)c1. The highest BCUT2D eigenvalue weighted by atomic mass is 19.4. The van der Waals surface area contributed by atoms with Crippen LogP contribution in [0.2, 0.25) is 0 Å². The standard InChI is InChI=1S/C12H6F4NO/c13-8-3-1-4-9(7-8)18-11-6-2-5-10(17-11)12(14,15)16/h1-2,4-7H. The minimum Gasteiger partial charge on any atom is -0.439 e. The lowest BCUT2D eigenvalue weighted by Gasteiger charge is -2.08. The number of benzene rings is 1. The second-order valence-corrected chi connectivity index (χ2v) is 3.33. The van der Waals surface area contributed by atoms with Gasteiger partial charge in [-0.3, -0.25) is 0 Å². The van der Waals surface area contributed by atoms with Gasteiger partial charge < -0.3 is 4.74 Å². The first kappa shape index (κ1) is 12.3. The Morgan fingerprint density at radius 1 is 1.17 bits per heavy atom. The molecule has 1 aromatic carbocycles. The van der Waals surface area contributed by atoms with E-state index in [2.05, 4.69) is 11.1 Å². The highest BCUT2D eigenvalue weighted by Gasteiger charge is 2.32. The maximum absolute atomic E-state index is 12.8. The van der Waals surface area contributed by atoms with Crippen LogP contribution in [-0.2, 0) is 6.18 Å². The van der Waals surface area contributed by atoms with Crippen LogP contribution in [0.25, 0.3) is 0 Å². The van der Waals surface area contributed by atoms with Crippen molar-refractivity contribution in [2.45, 2.75) is 6.18 Å². The molecular formula is C12H6F4NO. The fourth-order valence-corrected chi connectivity index (χ4v) is 1.23. The molecule has 0 saturated carbocycles. The number of hydrogen-bond acceptors (Lipinski definition) is 2. The summed E-state index contributed by atoms with van der Waals surface area (Å²) >= 11 is 0. The number of halogens is 4. The van der Waals surface area contributed by atoms with Crippen LogP contribution in [0.15, 0.2) is 36.4 Å². The topological polar surface area (TPSA) is 22.1 Å². The molecule has 2 aromatic rings. The monoisotopic (exact) mass is 256 g/mol. The molecular weight excluding hydrogens is 250 g/mol. The van der Waals surface area contributed by atoms with E-state index in [0.29, 0.717) is 0 Å². The molecule has 2 rings (SSSR count). The number of nitrogens with zero attached hydrogens (tertiary/aromatic N) is 1. The summed E-state index contributed by atoms with van der Waals surface area (Å²) in [4.78, 5) is 3.29. The number of aromatic nitrogens is 1. The molecule has 93 valence electrons. The van der Waals surface area contributed by atoms with E-state index in [1.54, 1.807) is 0 Å². The van der Waals surface area contributed by atoms with Gasteiger partial charge in [0.15, 0.2) is 0 Å². The van der Waals surface area contributed by atoms with E-state index in [4.69, 9.17) is 4.74 Å². The van der Waals surface area contributed by atoms with Crippen molar-refractivity contribution in [3.63, 3.8) is 0 Å². The normalized spacial score (nSPS) is 11.3. The molecule has 2 nitrogen and oxygen atoms in total. The molecule has 1 aromatic heterocycles. The third kappa shape index (κ3) is 2.97. The molecule has 1 heterocycles. The van der Waals surface area contributed by atoms with Gasteiger partial charge in [0.2, 0.25) is 5.88 Å². The van der Waals surface area contributed by atoms with Gasteiger partial charge in [-0.05, 0) is 18.2 Å². The van der Waals surface area contributed by atoms with Gasteiger partial charge >= 0.3 is 6.18 Å². The van der Waals surface area contributed by atoms with Crippen LogP contribution in [0, 0.1) is 11.9 Å². The van der Waals surface area contributed by atoms with Crippen molar-refractivity contribution in [3.05, 3.63) is 54.0 Å². The Hall–Kier alpha value is -2.11. The number of hydrogen-bond donors (Lipinski definition) is 0. The van der Waals surface area contributed by atoms with E-state index in [1.165, 1.54) is 18.2 Å². The predicted octanol–water partition coefficient (Wildman–Crippen LogP) is 3.83. The summed E-state index contributed by atoms with van der Waals surface area (Å²) in [5, 5.41) is 0. The van der Waals surface area contributed by atoms with Gasteiger partial charge in [-0.2, -0.15) is 13.2 Å². The van der Waals surface area contributed by atoms with Gasteiger partial charge in [-0.25, -0.2) is 9.37 Å². The first-order valence-electron chi connectivity index (χ1n) is 4.84. The summed E-state index contributed by atoms with van der Waals surface area (Å²) in [5.74, 6) is -0.868. The molecule has 0 N–H and O–H groups in total. The molecule has 0 atom stereocenters. The minimum atomic E-state index is -4.55. The van der Waals surface area contributed by atoms with Gasteiger partial charge in [-0.15, -0.1) is 0 Å². The predicted molar refractivity (Wildman–Crippen MR) is 54.5 cm³/mol. The van der Waals surface area contributed by atoms with Crippen LogP contribution >= 0.6 is 0 Å². The molecule has 0 spiro atoms. The Bertz CT molecular complexity index is 554. The lowest BCUT2D eigenvalue weighted by Crippen LogP contribution is -2.07. The van der Waals surface area contributed by atoms with Crippen molar-refractivity contribution < 1.29 is 22.3 Å². The second kappa shape index (κ2) is 4.64. The van der Waals surface area contributed by atoms with E-state index in [1.807, 2.05) is 0 Å². The molecule has 0 aliphatic heterocycles. The first-order valence-corrected chi connectivity index (χ1v) is 4.84. The summed E-state index contributed by atoms with van der Waals surface area (Å²) in [7, 11) is 0. The Labute approximate surface area is 99.8 Å². The Kier molecular flexibility index (Phi) is 3.18. The molecule has 6 heteroatoms. The van der Waals surface area contributed by atoms with Crippen LogP contribution in [0.4, 0.5) is 17.6 Å². The zero-order valence-corrected chi connectivity index (χ0v) is 8.83. The number of rotatable bonds is 2. The third-order valence-corrected chi connectivity index (χ3v) is 1.97. The Balaban J connectivity index is 2.25. The van der Waals surface area contributed by atoms with E-state index in [9.17, 15) is 17.6 Å². The number of alkyl halides is 3. The molecule has 0 bridgehead atoms. The molecule has 0 fully saturated rings. The van der Waals surface area contributed by atoms with Crippen molar-refractivity contribution in [2.75, 3.05) is 0 Å². The minimum absolute atomic E-state index is 0.0538. The fraction of sp³-hybridized carbons (Fsp3) is 0.0833. The van der Waals surface area contributed by atoms with E-state index in [-0.39, 0.29) is 11.6 Å². The van der Waals surface area contributed by atoms with Gasteiger partial charge in [0.1, 0.15) is 17.3 Å². The molecule has 0 aliphatic carbocycles. The summed E-state index contributed by atoms with van der Waals surface area (Å²) in [6.07, 6.45) is -4.55. The maximum atomic E-state index is 12.8. The van der Waals surface area contributed by atoms with Crippen LogP contribution in [0.1, 0.15) is 5.69 Å². The van der Waals surface area contributed by atoms with Crippen molar-refractivity contribution in [1.29, 1.82) is 0 Å². The van der Waals surface area contributed by atoms with Crippen molar-refractivity contribution in [3.8, 4) is 11.6 Å². The molecule has 0 aliphatic rings. The van der Waals surface area contributed by atoms with E-state index >= 15 is 0 Å². The largest absolute Gasteiger partial charge is 0.439 e. The average molecular weight is 256 g/mol. The van der Waals surface area contributed by atoms with Crippen molar-refractivity contribution >= 4 is 0 Å². The molecule has 18 heavy (non-hydrogen) atoms. The Morgan fingerprint density at radius 2 is 1.94 bits per heavy atom. The average Bonchev–Trinajstić information content (AvgIpc) is 2.28. The number of pyridine rings is 1. The van der Waals surface area contributed by atoms with Gasteiger partial charge in [-0.1, -0.05) is 6.07 Å². The maximum Gasteiger partial charge on any atom is 0.433 e. The molecule has 0 amide bonds. The highest BCUT2D eigenvalue weighted by Crippen LogP contribution is 2.29. The van der Waals surface area contributed by atoms with E-state index in [0.717, 1.165) is 18.2 Å². The summed E-state index contributed by atoms with van der Waals surface area (Å²) in [6, 6.07) is 9.12. The first-order chi connectivity index (χ1) is 8.45. The zero-order valence-electron chi connectivity index (χ0n) is 8.83. The van der Waals surface area contributed by atoms with Crippen LogP contribution in [0.5, 0.6) is 11.6 Å². The second-order valence-electron chi connectivity index (χ2n) is 3.33. The van der Waals surface area contributed by atoms with Gasteiger partial charge in [0.25, 0.3) is 0 Å². The van der Waals surface area contributed by atoms with Gasteiger partial charge in [0, 0.05) is 18.2 Å². The van der Waals surface area contributed by atoms with E-state index < -0.39 is 17.7 Å². The summed E-state index contributed by atoms with van der Waals surface area (Å²) in [6.45, 7) is 0. The molecule has 0 saturated heterocycles. The van der Waals surface area contributed by atoms with Crippen LogP contribution in [-0.4, -0.2) is 4.98 Å². The lowest BCUT2D eigenvalue weighted by atomic mass is 10.3. The van der Waals surface area contributed by atoms with Crippen LogP contribution < -0.4 is 4.74 Å². The van der Waals surface area contributed by atoms with Crippen LogP contribution in [0.3, 0.4) is 0 Å². The number of ether oxygens (including phenoxy) is 1. The molecule has 1 radical (unpaired) electrons. The quantitative estimate of drug-likeness (QED) is 0.762. The Morgan fingerprint density at radius 3 is 2.61 bits per heavy atom. The van der Waals surface area contributed by atoms with Crippen molar-refractivity contribution in [1.82, 2.24) is 4.98 Å². The zero-order chi connectivity index (χ0) is 13.2. The fourth-order valence-electron chi connectivity index (χ4n) is 1.23. The molecule has 0 unspecified atom stereocenters. The van der Waals surface area contributed by atoms with Gasteiger partial charge in [0.05, 0.1) is 0 Å². The summed E-state index contributed by atoms with van der Waals surface area (Å²) < 4.78 is 55.0. The highest BCUT2D eigenvalue weighted by molar-refractivity contribution is 5.28. The third-order valence-electron chi connectivity index (χ3n) is 1.97. The summed E-state index contributed by atoms with van der Waals surface area (Å²) in [5.41, 5.74) is -1.07.